The minimum atomic E-state index is -1.31. The molecule has 0 fully saturated rings. The average molecular weight is 443 g/mol. The van der Waals surface area contributed by atoms with Crippen LogP contribution in [-0.4, -0.2) is 33.3 Å². The van der Waals surface area contributed by atoms with Gasteiger partial charge in [-0.2, -0.15) is 4.39 Å². The van der Waals surface area contributed by atoms with Crippen molar-refractivity contribution in [3.63, 3.8) is 0 Å². The number of carbonyl (C=O) groups is 1. The zero-order valence-corrected chi connectivity index (χ0v) is 15.7. The van der Waals surface area contributed by atoms with E-state index in [-0.39, 0.29) is 17.8 Å². The molecule has 1 aliphatic rings. The molecule has 1 aromatic heterocycles. The van der Waals surface area contributed by atoms with Crippen molar-refractivity contribution in [3.8, 4) is 0 Å². The van der Waals surface area contributed by atoms with Crippen LogP contribution in [0, 0.1) is 11.6 Å². The number of fused-ring (bicyclic) bond motifs is 1. The van der Waals surface area contributed by atoms with Gasteiger partial charge in [0.1, 0.15) is 5.82 Å². The second-order valence-corrected chi connectivity index (χ2v) is 7.20. The highest BCUT2D eigenvalue weighted by Crippen LogP contribution is 2.31. The maximum atomic E-state index is 14.8. The normalized spacial score (nSPS) is 14.1. The van der Waals surface area contributed by atoms with E-state index in [9.17, 15) is 23.5 Å². The highest BCUT2D eigenvalue weighted by atomic mass is 79.9. The number of halogens is 3. The SMILES string of the molecule is O=C(CC(O)CO)c1c(Nc2ccc(Br)cc2F)c(F)c(=O)n2c1CCC2. The molecule has 144 valence electrons. The maximum Gasteiger partial charge on any atom is 0.289 e. The van der Waals surface area contributed by atoms with Gasteiger partial charge in [-0.05, 0) is 31.0 Å². The van der Waals surface area contributed by atoms with Crippen molar-refractivity contribution >= 4 is 33.1 Å². The van der Waals surface area contributed by atoms with E-state index in [0.29, 0.717) is 23.0 Å². The topological polar surface area (TPSA) is 91.6 Å². The third kappa shape index (κ3) is 3.80. The van der Waals surface area contributed by atoms with Crippen LogP contribution in [0.3, 0.4) is 0 Å². The van der Waals surface area contributed by atoms with Crippen LogP contribution in [0.2, 0.25) is 0 Å². The van der Waals surface area contributed by atoms with Crippen LogP contribution in [0.4, 0.5) is 20.2 Å². The lowest BCUT2D eigenvalue weighted by Crippen LogP contribution is -2.28. The predicted octanol–water partition coefficient (Wildman–Crippen LogP) is 2.50. The number of pyridine rings is 1. The van der Waals surface area contributed by atoms with Crippen LogP contribution in [0.5, 0.6) is 0 Å². The van der Waals surface area contributed by atoms with Gasteiger partial charge in [0.15, 0.2) is 5.78 Å². The van der Waals surface area contributed by atoms with Gasteiger partial charge in [-0.15, -0.1) is 0 Å². The van der Waals surface area contributed by atoms with Crippen LogP contribution in [0.1, 0.15) is 28.9 Å². The number of carbonyl (C=O) groups excluding carboxylic acids is 1. The second-order valence-electron chi connectivity index (χ2n) is 6.28. The molecule has 0 bridgehead atoms. The van der Waals surface area contributed by atoms with E-state index in [4.69, 9.17) is 5.11 Å². The Hall–Kier alpha value is -2.10. The summed E-state index contributed by atoms with van der Waals surface area (Å²) in [6, 6.07) is 4.04. The fourth-order valence-corrected chi connectivity index (χ4v) is 3.50. The van der Waals surface area contributed by atoms with Crippen LogP contribution >= 0.6 is 15.9 Å². The molecular formula is C18H17BrF2N2O4. The molecule has 2 aromatic rings. The Bertz CT molecular complexity index is 961. The zero-order valence-electron chi connectivity index (χ0n) is 14.1. The zero-order chi connectivity index (χ0) is 19.7. The number of aliphatic hydroxyl groups excluding tert-OH is 2. The van der Waals surface area contributed by atoms with Crippen molar-refractivity contribution in [2.24, 2.45) is 0 Å². The van der Waals surface area contributed by atoms with Gasteiger partial charge in [0.2, 0.25) is 5.82 Å². The molecule has 9 heteroatoms. The first-order valence-electron chi connectivity index (χ1n) is 8.32. The number of hydrogen-bond acceptors (Lipinski definition) is 5. The number of ketones is 1. The number of benzene rings is 1. The van der Waals surface area contributed by atoms with E-state index in [1.165, 1.54) is 16.7 Å². The van der Waals surface area contributed by atoms with Gasteiger partial charge in [0.25, 0.3) is 5.56 Å². The summed E-state index contributed by atoms with van der Waals surface area (Å²) in [7, 11) is 0. The molecule has 1 atom stereocenters. The number of aromatic nitrogens is 1. The van der Waals surface area contributed by atoms with Gasteiger partial charge in [0, 0.05) is 23.1 Å². The number of anilines is 2. The van der Waals surface area contributed by atoms with Crippen LogP contribution in [0.15, 0.2) is 27.5 Å². The second kappa shape index (κ2) is 7.87. The summed E-state index contributed by atoms with van der Waals surface area (Å²) in [5, 5.41) is 21.1. The summed E-state index contributed by atoms with van der Waals surface area (Å²) in [6.45, 7) is -0.353. The molecule has 0 aliphatic carbocycles. The third-order valence-corrected chi connectivity index (χ3v) is 4.91. The summed E-state index contributed by atoms with van der Waals surface area (Å²) < 4.78 is 30.7. The summed E-state index contributed by atoms with van der Waals surface area (Å²) in [6.07, 6.45) is -0.818. The smallest absolute Gasteiger partial charge is 0.289 e. The molecular weight excluding hydrogens is 426 g/mol. The van der Waals surface area contributed by atoms with E-state index < -0.39 is 47.8 Å². The first-order chi connectivity index (χ1) is 12.8. The Labute approximate surface area is 161 Å². The van der Waals surface area contributed by atoms with E-state index in [1.807, 2.05) is 0 Å². The monoisotopic (exact) mass is 442 g/mol. The minimum absolute atomic E-state index is 0.0978. The number of nitrogens with one attached hydrogen (secondary N) is 1. The quantitative estimate of drug-likeness (QED) is 0.597. The maximum absolute atomic E-state index is 14.8. The van der Waals surface area contributed by atoms with Crippen molar-refractivity contribution in [2.75, 3.05) is 11.9 Å². The first kappa shape index (κ1) is 19.7. The Morgan fingerprint density at radius 1 is 1.37 bits per heavy atom. The molecule has 2 heterocycles. The molecule has 1 aromatic carbocycles. The van der Waals surface area contributed by atoms with E-state index in [1.54, 1.807) is 0 Å². The molecule has 3 rings (SSSR count). The molecule has 0 saturated carbocycles. The van der Waals surface area contributed by atoms with Gasteiger partial charge in [-0.25, -0.2) is 4.39 Å². The number of Topliss-reactive ketones (excluding diaryl/α,β-unsaturated/α-hetero) is 1. The van der Waals surface area contributed by atoms with Crippen LogP contribution in [-0.2, 0) is 13.0 Å². The molecule has 6 nitrogen and oxygen atoms in total. The average Bonchev–Trinajstić information content (AvgIpc) is 3.10. The van der Waals surface area contributed by atoms with Crippen molar-refractivity contribution < 1.29 is 23.8 Å². The van der Waals surface area contributed by atoms with Crippen LogP contribution < -0.4 is 10.9 Å². The predicted molar refractivity (Wildman–Crippen MR) is 98.4 cm³/mol. The lowest BCUT2D eigenvalue weighted by atomic mass is 10.00. The molecule has 1 aliphatic heterocycles. The largest absolute Gasteiger partial charge is 0.394 e. The van der Waals surface area contributed by atoms with Crippen molar-refractivity contribution in [1.82, 2.24) is 4.57 Å². The third-order valence-electron chi connectivity index (χ3n) is 4.41. The van der Waals surface area contributed by atoms with Crippen molar-refractivity contribution in [3.05, 3.63) is 55.9 Å². The standard InChI is InChI=1S/C18H17BrF2N2O4/c19-9-3-4-12(11(20)6-9)22-17-15(14(26)7-10(25)8-24)13-2-1-5-23(13)18(27)16(17)21/h3-4,6,10,22,24-25H,1-2,5,7-8H2. The Morgan fingerprint density at radius 3 is 2.78 bits per heavy atom. The van der Waals surface area contributed by atoms with Gasteiger partial charge in [0.05, 0.1) is 29.6 Å². The highest BCUT2D eigenvalue weighted by molar-refractivity contribution is 9.10. The number of nitrogens with zero attached hydrogens (tertiary/aromatic N) is 1. The lowest BCUT2D eigenvalue weighted by Gasteiger charge is -2.18. The first-order valence-corrected chi connectivity index (χ1v) is 9.12. The summed E-state index contributed by atoms with van der Waals surface area (Å²) in [5.74, 6) is -2.52. The Balaban J connectivity index is 2.15. The fraction of sp³-hybridized carbons (Fsp3) is 0.333. The summed E-state index contributed by atoms with van der Waals surface area (Å²) in [4.78, 5) is 25.0. The highest BCUT2D eigenvalue weighted by Gasteiger charge is 2.30. The Kier molecular flexibility index (Phi) is 5.73. The fourth-order valence-electron chi connectivity index (χ4n) is 3.16. The van der Waals surface area contributed by atoms with Crippen molar-refractivity contribution in [1.29, 1.82) is 0 Å². The molecule has 1 unspecified atom stereocenters. The van der Waals surface area contributed by atoms with E-state index in [2.05, 4.69) is 21.2 Å². The minimum Gasteiger partial charge on any atom is -0.394 e. The van der Waals surface area contributed by atoms with E-state index >= 15 is 0 Å². The summed E-state index contributed by atoms with van der Waals surface area (Å²) in [5.41, 5.74) is -1.15. The van der Waals surface area contributed by atoms with Crippen molar-refractivity contribution in [2.45, 2.75) is 31.9 Å². The Morgan fingerprint density at radius 2 is 2.11 bits per heavy atom. The van der Waals surface area contributed by atoms with E-state index in [0.717, 1.165) is 6.07 Å². The van der Waals surface area contributed by atoms with Gasteiger partial charge < -0.3 is 20.1 Å². The molecule has 0 saturated heterocycles. The number of rotatable bonds is 6. The van der Waals surface area contributed by atoms with Gasteiger partial charge in [-0.3, -0.25) is 9.59 Å². The molecule has 3 N–H and O–H groups in total. The molecule has 27 heavy (non-hydrogen) atoms. The summed E-state index contributed by atoms with van der Waals surface area (Å²) >= 11 is 3.12. The molecule has 0 spiro atoms. The van der Waals surface area contributed by atoms with Gasteiger partial charge in [-0.1, -0.05) is 15.9 Å². The molecule has 0 radical (unpaired) electrons. The van der Waals surface area contributed by atoms with Crippen LogP contribution in [0.25, 0.3) is 0 Å². The number of hydrogen-bond donors (Lipinski definition) is 3. The number of aliphatic hydroxyl groups is 2. The van der Waals surface area contributed by atoms with Gasteiger partial charge >= 0.3 is 0 Å². The molecule has 0 amide bonds. The lowest BCUT2D eigenvalue weighted by molar-refractivity contribution is 0.0702.